The van der Waals surface area contributed by atoms with Gasteiger partial charge in [0.2, 0.25) is 0 Å². The minimum atomic E-state index is 0. The maximum absolute atomic E-state index is 5.03. The molecule has 4 heteroatoms. The second kappa shape index (κ2) is 6.55. The first-order chi connectivity index (χ1) is 9.31. The first-order valence-electron chi connectivity index (χ1n) is 6.42. The van der Waals surface area contributed by atoms with Crippen molar-refractivity contribution in [2.24, 2.45) is 0 Å². The van der Waals surface area contributed by atoms with E-state index in [9.17, 15) is 0 Å². The van der Waals surface area contributed by atoms with Crippen LogP contribution < -0.4 is 5.32 Å². The summed E-state index contributed by atoms with van der Waals surface area (Å²) < 4.78 is 5.03. The molecule has 0 aliphatic rings. The van der Waals surface area contributed by atoms with Crippen molar-refractivity contribution >= 4 is 23.2 Å². The zero-order valence-corrected chi connectivity index (χ0v) is 12.1. The number of benzene rings is 2. The van der Waals surface area contributed by atoms with Crippen LogP contribution in [0.15, 0.2) is 53.1 Å². The van der Waals surface area contributed by atoms with E-state index in [1.165, 1.54) is 16.3 Å². The van der Waals surface area contributed by atoms with Gasteiger partial charge < -0.3 is 9.84 Å². The van der Waals surface area contributed by atoms with Crippen molar-refractivity contribution in [2.45, 2.75) is 20.0 Å². The van der Waals surface area contributed by atoms with E-state index >= 15 is 0 Å². The Hall–Kier alpha value is -1.84. The summed E-state index contributed by atoms with van der Waals surface area (Å²) in [7, 11) is 0. The van der Waals surface area contributed by atoms with Crippen LogP contribution >= 0.6 is 12.4 Å². The summed E-state index contributed by atoms with van der Waals surface area (Å²) >= 11 is 0. The number of halogens is 1. The van der Waals surface area contributed by atoms with E-state index in [-0.39, 0.29) is 12.4 Å². The summed E-state index contributed by atoms with van der Waals surface area (Å²) in [6, 6.07) is 16.9. The first-order valence-corrected chi connectivity index (χ1v) is 6.42. The number of hydrogen-bond donors (Lipinski definition) is 1. The minimum Gasteiger partial charge on any atom is -0.361 e. The quantitative estimate of drug-likeness (QED) is 0.792. The maximum Gasteiger partial charge on any atom is 0.133 e. The van der Waals surface area contributed by atoms with Gasteiger partial charge >= 0.3 is 0 Å². The summed E-state index contributed by atoms with van der Waals surface area (Å²) in [5, 5.41) is 9.89. The molecule has 0 radical (unpaired) electrons. The van der Waals surface area contributed by atoms with Crippen LogP contribution in [0.1, 0.15) is 17.0 Å². The van der Waals surface area contributed by atoms with Gasteiger partial charge in [0.25, 0.3) is 0 Å². The lowest BCUT2D eigenvalue weighted by molar-refractivity contribution is 0.388. The molecule has 0 spiro atoms. The Morgan fingerprint density at radius 3 is 2.55 bits per heavy atom. The van der Waals surface area contributed by atoms with Crippen molar-refractivity contribution < 1.29 is 4.52 Å². The predicted molar refractivity (Wildman–Crippen MR) is 83.0 cm³/mol. The van der Waals surface area contributed by atoms with Gasteiger partial charge in [-0.1, -0.05) is 41.6 Å². The van der Waals surface area contributed by atoms with E-state index in [2.05, 4.69) is 52.9 Å². The summed E-state index contributed by atoms with van der Waals surface area (Å²) in [5.41, 5.74) is 2.22. The van der Waals surface area contributed by atoms with Crippen molar-refractivity contribution in [3.63, 3.8) is 0 Å². The molecule has 2 aromatic carbocycles. The number of nitrogens with zero attached hydrogens (tertiary/aromatic N) is 1. The van der Waals surface area contributed by atoms with Gasteiger partial charge in [-0.2, -0.15) is 0 Å². The Bertz CT molecular complexity index is 694. The van der Waals surface area contributed by atoms with Crippen LogP contribution in [0.4, 0.5) is 0 Å². The zero-order chi connectivity index (χ0) is 13.1. The molecule has 3 nitrogen and oxygen atoms in total. The van der Waals surface area contributed by atoms with Gasteiger partial charge in [-0.25, -0.2) is 0 Å². The average Bonchev–Trinajstić information content (AvgIpc) is 2.84. The number of hydrogen-bond acceptors (Lipinski definition) is 3. The zero-order valence-electron chi connectivity index (χ0n) is 11.3. The van der Waals surface area contributed by atoms with Gasteiger partial charge in [0.1, 0.15) is 5.76 Å². The van der Waals surface area contributed by atoms with Gasteiger partial charge in [0.05, 0.1) is 5.69 Å². The third-order valence-electron chi connectivity index (χ3n) is 3.13. The van der Waals surface area contributed by atoms with Crippen LogP contribution in [-0.4, -0.2) is 5.16 Å². The Balaban J connectivity index is 0.00000147. The van der Waals surface area contributed by atoms with E-state index in [0.29, 0.717) is 0 Å². The molecule has 0 unspecified atom stereocenters. The summed E-state index contributed by atoms with van der Waals surface area (Å²) in [6.07, 6.45) is 0. The molecule has 0 amide bonds. The summed E-state index contributed by atoms with van der Waals surface area (Å²) in [5.74, 6) is 0.850. The van der Waals surface area contributed by atoms with Crippen molar-refractivity contribution in [2.75, 3.05) is 0 Å². The molecule has 104 valence electrons. The SMILES string of the molecule is Cc1cc(CNCc2ccc3ccccc3c2)no1.Cl. The van der Waals surface area contributed by atoms with Crippen LogP contribution in [0, 0.1) is 6.92 Å². The monoisotopic (exact) mass is 288 g/mol. The first kappa shape index (κ1) is 14.6. The van der Waals surface area contributed by atoms with Crippen LogP contribution in [0.5, 0.6) is 0 Å². The van der Waals surface area contributed by atoms with Gasteiger partial charge in [0, 0.05) is 19.2 Å². The molecular weight excluding hydrogens is 272 g/mol. The maximum atomic E-state index is 5.03. The van der Waals surface area contributed by atoms with Crippen molar-refractivity contribution in [1.29, 1.82) is 0 Å². The number of aromatic nitrogens is 1. The number of nitrogens with one attached hydrogen (secondary N) is 1. The predicted octanol–water partition coefficient (Wildman–Crippen LogP) is 3.85. The Labute approximate surface area is 124 Å². The third kappa shape index (κ3) is 3.38. The molecule has 0 saturated carbocycles. The molecule has 0 aliphatic carbocycles. The van der Waals surface area contributed by atoms with Crippen LogP contribution in [0.3, 0.4) is 0 Å². The minimum absolute atomic E-state index is 0. The Morgan fingerprint density at radius 2 is 1.80 bits per heavy atom. The Kier molecular flexibility index (Phi) is 4.77. The van der Waals surface area contributed by atoms with E-state index in [1.807, 2.05) is 13.0 Å². The molecule has 0 bridgehead atoms. The molecule has 1 N–H and O–H groups in total. The highest BCUT2D eigenvalue weighted by Gasteiger charge is 2.00. The highest BCUT2D eigenvalue weighted by Crippen LogP contribution is 2.15. The van der Waals surface area contributed by atoms with Crippen molar-refractivity contribution in [3.05, 3.63) is 65.5 Å². The van der Waals surface area contributed by atoms with Gasteiger partial charge in [-0.3, -0.25) is 0 Å². The average molecular weight is 289 g/mol. The van der Waals surface area contributed by atoms with Gasteiger partial charge in [-0.05, 0) is 29.3 Å². The van der Waals surface area contributed by atoms with Gasteiger partial charge in [-0.15, -0.1) is 12.4 Å². The fraction of sp³-hybridized carbons (Fsp3) is 0.188. The highest BCUT2D eigenvalue weighted by molar-refractivity contribution is 5.85. The Morgan fingerprint density at radius 1 is 1.00 bits per heavy atom. The fourth-order valence-corrected chi connectivity index (χ4v) is 2.18. The van der Waals surface area contributed by atoms with Crippen molar-refractivity contribution in [3.8, 4) is 0 Å². The highest BCUT2D eigenvalue weighted by atomic mass is 35.5. The van der Waals surface area contributed by atoms with Crippen LogP contribution in [0.2, 0.25) is 0 Å². The van der Waals surface area contributed by atoms with E-state index in [1.54, 1.807) is 0 Å². The lowest BCUT2D eigenvalue weighted by atomic mass is 10.1. The summed E-state index contributed by atoms with van der Waals surface area (Å²) in [4.78, 5) is 0. The lowest BCUT2D eigenvalue weighted by Crippen LogP contribution is -2.12. The fourth-order valence-electron chi connectivity index (χ4n) is 2.18. The molecule has 0 aliphatic heterocycles. The van der Waals surface area contributed by atoms with Crippen LogP contribution in [0.25, 0.3) is 10.8 Å². The molecule has 0 saturated heterocycles. The molecule has 3 rings (SSSR count). The van der Waals surface area contributed by atoms with Gasteiger partial charge in [0.15, 0.2) is 0 Å². The number of rotatable bonds is 4. The second-order valence-corrected chi connectivity index (χ2v) is 4.71. The number of aryl methyl sites for hydroxylation is 1. The topological polar surface area (TPSA) is 38.1 Å². The van der Waals surface area contributed by atoms with E-state index in [4.69, 9.17) is 4.52 Å². The molecule has 0 fully saturated rings. The normalized spacial score (nSPS) is 10.4. The number of fused-ring (bicyclic) bond motifs is 1. The van der Waals surface area contributed by atoms with E-state index < -0.39 is 0 Å². The lowest BCUT2D eigenvalue weighted by Gasteiger charge is -2.04. The van der Waals surface area contributed by atoms with Crippen LogP contribution in [-0.2, 0) is 13.1 Å². The van der Waals surface area contributed by atoms with Crippen molar-refractivity contribution in [1.82, 2.24) is 10.5 Å². The smallest absolute Gasteiger partial charge is 0.133 e. The largest absolute Gasteiger partial charge is 0.361 e. The molecule has 3 aromatic rings. The molecule has 1 aromatic heterocycles. The second-order valence-electron chi connectivity index (χ2n) is 4.71. The molecular formula is C16H17ClN2O. The molecule has 1 heterocycles. The molecule has 20 heavy (non-hydrogen) atoms. The summed E-state index contributed by atoms with van der Waals surface area (Å²) in [6.45, 7) is 3.46. The third-order valence-corrected chi connectivity index (χ3v) is 3.13. The van der Waals surface area contributed by atoms with E-state index in [0.717, 1.165) is 24.5 Å². The molecule has 0 atom stereocenters. The standard InChI is InChI=1S/C16H16N2O.ClH/c1-12-8-16(18-19-12)11-17-10-13-6-7-14-4-2-3-5-15(14)9-13;/h2-9,17H,10-11H2,1H3;1H.